The first-order valence-corrected chi connectivity index (χ1v) is 9.41. The van der Waals surface area contributed by atoms with Crippen LogP contribution < -0.4 is 0 Å². The fourth-order valence-electron chi connectivity index (χ4n) is 6.80. The molecule has 4 aliphatic rings. The normalized spacial score (nSPS) is 47.2. The number of carbonyl (C=O) groups excluding carboxylic acids is 2. The van der Waals surface area contributed by atoms with E-state index in [2.05, 4.69) is 19.9 Å². The molecule has 0 aromatic carbocycles. The van der Waals surface area contributed by atoms with Gasteiger partial charge in [-0.1, -0.05) is 25.5 Å². The SMILES string of the molecule is CC(=O)C1=CC[C@H]2[C@@H]3CCC4=CC(=O)CC[C@]4(C)[C@H]3[C@@H](O)C[C@]12C. The minimum absolute atomic E-state index is 0.0451. The quantitative estimate of drug-likeness (QED) is 0.800. The molecule has 130 valence electrons. The van der Waals surface area contributed by atoms with Crippen LogP contribution >= 0.6 is 0 Å². The van der Waals surface area contributed by atoms with Crippen LogP contribution in [0.1, 0.15) is 59.3 Å². The van der Waals surface area contributed by atoms with Gasteiger partial charge in [0.2, 0.25) is 0 Å². The highest BCUT2D eigenvalue weighted by atomic mass is 16.3. The molecular formula is C21H28O3. The average Bonchev–Trinajstić information content (AvgIpc) is 2.84. The predicted octanol–water partition coefficient (Wildman–Crippen LogP) is 3.61. The van der Waals surface area contributed by atoms with E-state index in [1.165, 1.54) is 5.57 Å². The number of allylic oxidation sites excluding steroid dienone is 4. The lowest BCUT2D eigenvalue weighted by Gasteiger charge is -2.59. The Hall–Kier alpha value is -1.22. The molecule has 0 aromatic heterocycles. The van der Waals surface area contributed by atoms with Gasteiger partial charge in [0, 0.05) is 11.8 Å². The van der Waals surface area contributed by atoms with Crippen LogP contribution in [0.15, 0.2) is 23.3 Å². The van der Waals surface area contributed by atoms with Crippen molar-refractivity contribution in [1.29, 1.82) is 0 Å². The molecule has 0 radical (unpaired) electrons. The van der Waals surface area contributed by atoms with Crippen molar-refractivity contribution >= 4 is 11.6 Å². The van der Waals surface area contributed by atoms with Crippen LogP contribution in [0, 0.1) is 28.6 Å². The highest BCUT2D eigenvalue weighted by Crippen LogP contribution is 2.65. The smallest absolute Gasteiger partial charge is 0.156 e. The van der Waals surface area contributed by atoms with Crippen molar-refractivity contribution < 1.29 is 14.7 Å². The minimum atomic E-state index is -0.390. The lowest BCUT2D eigenvalue weighted by Crippen LogP contribution is -2.56. The van der Waals surface area contributed by atoms with Gasteiger partial charge in [0.1, 0.15) is 0 Å². The first kappa shape index (κ1) is 16.3. The molecule has 2 saturated carbocycles. The zero-order chi connectivity index (χ0) is 17.3. The molecule has 0 saturated heterocycles. The van der Waals surface area contributed by atoms with Gasteiger partial charge in [-0.3, -0.25) is 9.59 Å². The van der Waals surface area contributed by atoms with Gasteiger partial charge in [0.05, 0.1) is 6.10 Å². The van der Waals surface area contributed by atoms with Crippen molar-refractivity contribution in [1.82, 2.24) is 0 Å². The Kier molecular flexibility index (Phi) is 3.48. The van der Waals surface area contributed by atoms with E-state index in [9.17, 15) is 14.7 Å². The molecule has 4 aliphatic carbocycles. The molecule has 0 amide bonds. The third kappa shape index (κ3) is 2.00. The number of aliphatic hydroxyl groups is 1. The van der Waals surface area contributed by atoms with Crippen LogP contribution in [0.4, 0.5) is 0 Å². The Morgan fingerprint density at radius 2 is 2.00 bits per heavy atom. The summed E-state index contributed by atoms with van der Waals surface area (Å²) < 4.78 is 0. The molecule has 0 aromatic rings. The van der Waals surface area contributed by atoms with Gasteiger partial charge >= 0.3 is 0 Å². The summed E-state index contributed by atoms with van der Waals surface area (Å²) in [6.07, 6.45) is 8.75. The summed E-state index contributed by atoms with van der Waals surface area (Å²) in [6, 6.07) is 0. The lowest BCUT2D eigenvalue weighted by molar-refractivity contribution is -0.129. The van der Waals surface area contributed by atoms with Crippen molar-refractivity contribution in [2.24, 2.45) is 28.6 Å². The summed E-state index contributed by atoms with van der Waals surface area (Å²) in [6.45, 7) is 6.12. The zero-order valence-electron chi connectivity index (χ0n) is 15.0. The molecule has 2 fully saturated rings. The number of ketones is 2. The van der Waals surface area contributed by atoms with Crippen molar-refractivity contribution in [2.75, 3.05) is 0 Å². The fourth-order valence-corrected chi connectivity index (χ4v) is 6.80. The molecule has 0 bridgehead atoms. The van der Waals surface area contributed by atoms with Gasteiger partial charge < -0.3 is 5.11 Å². The summed E-state index contributed by atoms with van der Waals surface area (Å²) in [4.78, 5) is 24.0. The highest BCUT2D eigenvalue weighted by molar-refractivity contribution is 5.95. The second kappa shape index (κ2) is 5.14. The molecule has 0 heterocycles. The number of hydrogen-bond donors (Lipinski definition) is 1. The van der Waals surface area contributed by atoms with Crippen molar-refractivity contribution in [2.45, 2.75) is 65.4 Å². The monoisotopic (exact) mass is 328 g/mol. The molecule has 0 aliphatic heterocycles. The number of aliphatic hydroxyl groups excluding tert-OH is 1. The number of carbonyl (C=O) groups is 2. The van der Waals surface area contributed by atoms with E-state index in [-0.39, 0.29) is 34.4 Å². The maximum Gasteiger partial charge on any atom is 0.156 e. The second-order valence-electron chi connectivity index (χ2n) is 8.99. The molecular weight excluding hydrogens is 300 g/mol. The maximum atomic E-state index is 12.1. The summed E-state index contributed by atoms with van der Waals surface area (Å²) in [5.74, 6) is 1.54. The molecule has 0 unspecified atom stereocenters. The van der Waals surface area contributed by atoms with Gasteiger partial charge in [0.25, 0.3) is 0 Å². The van der Waals surface area contributed by atoms with Crippen molar-refractivity contribution in [3.8, 4) is 0 Å². The maximum absolute atomic E-state index is 12.1. The highest BCUT2D eigenvalue weighted by Gasteiger charge is 2.60. The molecule has 1 N–H and O–H groups in total. The van der Waals surface area contributed by atoms with Crippen LogP contribution in [0.3, 0.4) is 0 Å². The minimum Gasteiger partial charge on any atom is -0.393 e. The van der Waals surface area contributed by atoms with E-state index in [4.69, 9.17) is 0 Å². The standard InChI is InChI=1S/C21H28O3/c1-12(22)16-6-7-17-15-5-4-13-10-14(23)8-9-20(13,2)19(15)18(24)11-21(16,17)3/h6,10,15,17-19,24H,4-5,7-9,11H2,1-3H3/t15-,17-,18-,19+,20-,21+/m0/s1. The van der Waals surface area contributed by atoms with Crippen molar-refractivity contribution in [3.05, 3.63) is 23.3 Å². The zero-order valence-corrected chi connectivity index (χ0v) is 15.0. The van der Waals surface area contributed by atoms with E-state index in [0.717, 1.165) is 31.3 Å². The molecule has 24 heavy (non-hydrogen) atoms. The molecule has 0 spiro atoms. The Bertz CT molecular complexity index is 673. The van der Waals surface area contributed by atoms with E-state index in [1.807, 2.05) is 6.08 Å². The van der Waals surface area contributed by atoms with Gasteiger partial charge in [-0.25, -0.2) is 0 Å². The largest absolute Gasteiger partial charge is 0.393 e. The van der Waals surface area contributed by atoms with E-state index in [1.54, 1.807) is 6.92 Å². The van der Waals surface area contributed by atoms with Crippen LogP contribution in [0.2, 0.25) is 0 Å². The number of hydrogen-bond acceptors (Lipinski definition) is 3. The molecule has 4 rings (SSSR count). The molecule has 6 atom stereocenters. The fraction of sp³-hybridized carbons (Fsp3) is 0.714. The van der Waals surface area contributed by atoms with Crippen molar-refractivity contribution in [3.63, 3.8) is 0 Å². The summed E-state index contributed by atoms with van der Waals surface area (Å²) in [5.41, 5.74) is 1.99. The summed E-state index contributed by atoms with van der Waals surface area (Å²) in [5, 5.41) is 11.1. The van der Waals surface area contributed by atoms with Crippen LogP contribution in [0.5, 0.6) is 0 Å². The first-order valence-electron chi connectivity index (χ1n) is 9.41. The Balaban J connectivity index is 1.73. The third-order valence-electron chi connectivity index (χ3n) is 7.86. The first-order chi connectivity index (χ1) is 11.3. The topological polar surface area (TPSA) is 54.4 Å². The molecule has 3 heteroatoms. The van der Waals surface area contributed by atoms with Gasteiger partial charge in [0.15, 0.2) is 11.6 Å². The number of Topliss-reactive ketones (excluding diaryl/α,β-unsaturated/α-hetero) is 1. The number of fused-ring (bicyclic) bond motifs is 5. The van der Waals surface area contributed by atoms with Crippen LogP contribution in [-0.4, -0.2) is 22.8 Å². The van der Waals surface area contributed by atoms with E-state index < -0.39 is 0 Å². The Morgan fingerprint density at radius 3 is 2.71 bits per heavy atom. The summed E-state index contributed by atoms with van der Waals surface area (Å²) in [7, 11) is 0. The third-order valence-corrected chi connectivity index (χ3v) is 7.86. The van der Waals surface area contributed by atoms with Crippen LogP contribution in [-0.2, 0) is 9.59 Å². The average molecular weight is 328 g/mol. The van der Waals surface area contributed by atoms with E-state index in [0.29, 0.717) is 24.7 Å². The molecule has 3 nitrogen and oxygen atoms in total. The number of rotatable bonds is 1. The Labute approximate surface area is 144 Å². The summed E-state index contributed by atoms with van der Waals surface area (Å²) >= 11 is 0. The van der Waals surface area contributed by atoms with Gasteiger partial charge in [-0.05, 0) is 73.8 Å². The van der Waals surface area contributed by atoms with Gasteiger partial charge in [-0.2, -0.15) is 0 Å². The Morgan fingerprint density at radius 1 is 1.25 bits per heavy atom. The van der Waals surface area contributed by atoms with Crippen LogP contribution in [0.25, 0.3) is 0 Å². The lowest BCUT2D eigenvalue weighted by atomic mass is 9.46. The second-order valence-corrected chi connectivity index (χ2v) is 8.99. The van der Waals surface area contributed by atoms with E-state index >= 15 is 0 Å². The predicted molar refractivity (Wildman–Crippen MR) is 92.2 cm³/mol. The van der Waals surface area contributed by atoms with Gasteiger partial charge in [-0.15, -0.1) is 0 Å².